The van der Waals surface area contributed by atoms with Crippen molar-refractivity contribution < 1.29 is 4.79 Å². The van der Waals surface area contributed by atoms with Crippen LogP contribution in [-0.4, -0.2) is 40.9 Å². The first-order chi connectivity index (χ1) is 15.5. The molecule has 0 saturated carbocycles. The average molecular weight is 432 g/mol. The minimum Gasteiger partial charge on any atom is -0.274 e. The Balaban J connectivity index is 1.65. The van der Waals surface area contributed by atoms with Crippen LogP contribution in [-0.2, 0) is 6.54 Å². The molecule has 9 nitrogen and oxygen atoms in total. The van der Waals surface area contributed by atoms with Gasteiger partial charge in [0.15, 0.2) is 0 Å². The number of H-pyrrole nitrogens is 1. The van der Waals surface area contributed by atoms with Crippen LogP contribution >= 0.6 is 0 Å². The molecule has 0 amide bonds. The molecule has 2 aromatic heterocycles. The van der Waals surface area contributed by atoms with Gasteiger partial charge in [-0.15, -0.1) is 20.0 Å². The summed E-state index contributed by atoms with van der Waals surface area (Å²) >= 11 is 0. The Hall–Kier alpha value is -3.88. The second-order valence-corrected chi connectivity index (χ2v) is 7.92. The van der Waals surface area contributed by atoms with Crippen molar-refractivity contribution in [2.45, 2.75) is 46.1 Å². The number of rotatable bonds is 7. The molecule has 0 bridgehead atoms. The number of hydrogen-bond donors (Lipinski definition) is 1. The SMILES string of the molecule is CCCC(=O)n1nc(C(C)C)n(Cc2ccc(-c3ccccc3-c3nn[nH]n3)cc2)c1=O. The largest absolute Gasteiger partial charge is 0.353 e. The number of nitrogens with zero attached hydrogens (tertiary/aromatic N) is 6. The summed E-state index contributed by atoms with van der Waals surface area (Å²) < 4.78 is 2.59. The van der Waals surface area contributed by atoms with E-state index in [1.54, 1.807) is 4.57 Å². The lowest BCUT2D eigenvalue weighted by Gasteiger charge is -2.10. The van der Waals surface area contributed by atoms with Crippen molar-refractivity contribution in [1.29, 1.82) is 0 Å². The quantitative estimate of drug-likeness (QED) is 0.479. The highest BCUT2D eigenvalue weighted by molar-refractivity contribution is 5.80. The molecule has 4 rings (SSSR count). The van der Waals surface area contributed by atoms with Crippen molar-refractivity contribution in [2.75, 3.05) is 0 Å². The van der Waals surface area contributed by atoms with Crippen molar-refractivity contribution in [1.82, 2.24) is 35.0 Å². The summed E-state index contributed by atoms with van der Waals surface area (Å²) in [6, 6.07) is 15.8. The summed E-state index contributed by atoms with van der Waals surface area (Å²) in [6.07, 6.45) is 0.963. The maximum atomic E-state index is 12.9. The zero-order valence-electron chi connectivity index (χ0n) is 18.3. The number of nitrogens with one attached hydrogen (secondary N) is 1. The normalized spacial score (nSPS) is 11.2. The second-order valence-electron chi connectivity index (χ2n) is 7.92. The molecule has 0 aliphatic rings. The van der Waals surface area contributed by atoms with Gasteiger partial charge in [-0.3, -0.25) is 9.36 Å². The summed E-state index contributed by atoms with van der Waals surface area (Å²) in [6.45, 7) is 6.18. The van der Waals surface area contributed by atoms with Crippen LogP contribution in [0.4, 0.5) is 0 Å². The third-order valence-electron chi connectivity index (χ3n) is 5.23. The first-order valence-electron chi connectivity index (χ1n) is 10.6. The Morgan fingerprint density at radius 3 is 2.41 bits per heavy atom. The summed E-state index contributed by atoms with van der Waals surface area (Å²) in [4.78, 5) is 25.2. The molecule has 0 fully saturated rings. The van der Waals surface area contributed by atoms with Gasteiger partial charge in [0.1, 0.15) is 5.82 Å². The fourth-order valence-corrected chi connectivity index (χ4v) is 3.65. The zero-order chi connectivity index (χ0) is 22.7. The zero-order valence-corrected chi connectivity index (χ0v) is 18.3. The van der Waals surface area contributed by atoms with E-state index in [0.29, 0.717) is 31.0 Å². The van der Waals surface area contributed by atoms with Gasteiger partial charge in [0.2, 0.25) is 5.82 Å². The number of carbonyl (C=O) groups is 1. The van der Waals surface area contributed by atoms with Crippen molar-refractivity contribution in [3.63, 3.8) is 0 Å². The van der Waals surface area contributed by atoms with Gasteiger partial charge in [-0.2, -0.15) is 5.21 Å². The number of aromatic nitrogens is 7. The number of tetrazole rings is 1. The van der Waals surface area contributed by atoms with Crippen molar-refractivity contribution in [2.24, 2.45) is 0 Å². The molecular formula is C23H25N7O2. The minimum absolute atomic E-state index is 0.0134. The van der Waals surface area contributed by atoms with Crippen LogP contribution in [0.1, 0.15) is 55.7 Å². The predicted molar refractivity (Wildman–Crippen MR) is 120 cm³/mol. The van der Waals surface area contributed by atoms with E-state index in [0.717, 1.165) is 26.9 Å². The molecule has 2 heterocycles. The van der Waals surface area contributed by atoms with Crippen LogP contribution in [0.5, 0.6) is 0 Å². The third kappa shape index (κ3) is 4.14. The highest BCUT2D eigenvalue weighted by atomic mass is 16.2. The van der Waals surface area contributed by atoms with E-state index >= 15 is 0 Å². The van der Waals surface area contributed by atoms with Gasteiger partial charge in [-0.1, -0.05) is 69.3 Å². The number of carbonyl (C=O) groups excluding carboxylic acids is 1. The Morgan fingerprint density at radius 2 is 1.78 bits per heavy atom. The molecule has 0 saturated heterocycles. The Morgan fingerprint density at radius 1 is 1.06 bits per heavy atom. The van der Waals surface area contributed by atoms with Crippen molar-refractivity contribution in [3.05, 3.63) is 70.4 Å². The van der Waals surface area contributed by atoms with E-state index in [2.05, 4.69) is 25.7 Å². The number of aromatic amines is 1. The molecule has 0 atom stereocenters. The van der Waals surface area contributed by atoms with Crippen LogP contribution < -0.4 is 5.69 Å². The Bertz CT molecular complexity index is 1270. The topological polar surface area (TPSA) is 111 Å². The molecule has 0 radical (unpaired) electrons. The van der Waals surface area contributed by atoms with E-state index < -0.39 is 5.69 Å². The highest BCUT2D eigenvalue weighted by Crippen LogP contribution is 2.29. The van der Waals surface area contributed by atoms with Crippen molar-refractivity contribution in [3.8, 4) is 22.5 Å². The summed E-state index contributed by atoms with van der Waals surface area (Å²) in [5.41, 5.74) is 3.41. The second kappa shape index (κ2) is 9.09. The lowest BCUT2D eigenvalue weighted by molar-refractivity contribution is 0.0880. The van der Waals surface area contributed by atoms with Crippen LogP contribution in [0.15, 0.2) is 53.3 Å². The molecule has 0 aliphatic carbocycles. The first-order valence-corrected chi connectivity index (χ1v) is 10.6. The Kier molecular flexibility index (Phi) is 6.07. The highest BCUT2D eigenvalue weighted by Gasteiger charge is 2.20. The molecular weight excluding hydrogens is 406 g/mol. The average Bonchev–Trinajstić information content (AvgIpc) is 3.44. The summed E-state index contributed by atoms with van der Waals surface area (Å²) in [5, 5.41) is 18.6. The fourth-order valence-electron chi connectivity index (χ4n) is 3.65. The third-order valence-corrected chi connectivity index (χ3v) is 5.23. The van der Waals surface area contributed by atoms with Crippen LogP contribution in [0.25, 0.3) is 22.5 Å². The molecule has 0 aliphatic heterocycles. The van der Waals surface area contributed by atoms with Crippen LogP contribution in [0.3, 0.4) is 0 Å². The first kappa shape index (κ1) is 21.4. The van der Waals surface area contributed by atoms with E-state index in [1.165, 1.54) is 0 Å². The van der Waals surface area contributed by atoms with Gasteiger partial charge in [0, 0.05) is 17.9 Å². The number of benzene rings is 2. The molecule has 4 aromatic rings. The van der Waals surface area contributed by atoms with Gasteiger partial charge in [-0.25, -0.2) is 4.79 Å². The van der Waals surface area contributed by atoms with E-state index in [9.17, 15) is 9.59 Å². The van der Waals surface area contributed by atoms with Crippen LogP contribution in [0.2, 0.25) is 0 Å². The van der Waals surface area contributed by atoms with Gasteiger partial charge >= 0.3 is 5.69 Å². The van der Waals surface area contributed by atoms with Gasteiger partial charge in [0.25, 0.3) is 5.91 Å². The van der Waals surface area contributed by atoms with Crippen LogP contribution in [0, 0.1) is 0 Å². The Labute approximate surface area is 185 Å². The van der Waals surface area contributed by atoms with E-state index in [1.807, 2.05) is 69.3 Å². The van der Waals surface area contributed by atoms with E-state index in [4.69, 9.17) is 0 Å². The summed E-state index contributed by atoms with van der Waals surface area (Å²) in [5.74, 6) is 0.874. The molecule has 164 valence electrons. The molecule has 2 aromatic carbocycles. The standard InChI is InChI=1S/C23H25N7O2/c1-4-7-20(31)30-23(32)29(22(26-30)15(2)3)14-16-10-12-17(13-11-16)18-8-5-6-9-19(18)21-24-27-28-25-21/h5-6,8-13,15H,4,7,14H2,1-3H3,(H,24,25,27,28). The molecule has 32 heavy (non-hydrogen) atoms. The fraction of sp³-hybridized carbons (Fsp3) is 0.304. The molecule has 0 unspecified atom stereocenters. The van der Waals surface area contributed by atoms with Gasteiger partial charge in [-0.05, 0) is 28.3 Å². The van der Waals surface area contributed by atoms with E-state index in [-0.39, 0.29) is 11.8 Å². The van der Waals surface area contributed by atoms with Gasteiger partial charge in [0.05, 0.1) is 6.54 Å². The molecule has 0 spiro atoms. The lowest BCUT2D eigenvalue weighted by Crippen LogP contribution is -2.30. The van der Waals surface area contributed by atoms with Gasteiger partial charge < -0.3 is 0 Å². The van der Waals surface area contributed by atoms with Crippen molar-refractivity contribution >= 4 is 5.91 Å². The summed E-state index contributed by atoms with van der Waals surface area (Å²) in [7, 11) is 0. The molecule has 9 heteroatoms. The maximum absolute atomic E-state index is 12.9. The lowest BCUT2D eigenvalue weighted by atomic mass is 9.98. The predicted octanol–water partition coefficient (Wildman–Crippen LogP) is 3.50. The number of hydrogen-bond acceptors (Lipinski definition) is 6. The smallest absolute Gasteiger partial charge is 0.274 e. The minimum atomic E-state index is -0.390. The maximum Gasteiger partial charge on any atom is 0.353 e. The monoisotopic (exact) mass is 431 g/mol. The molecule has 1 N–H and O–H groups in total.